The molecule has 1 aliphatic heterocycles. The molecule has 0 radical (unpaired) electrons. The van der Waals surface area contributed by atoms with E-state index in [4.69, 9.17) is 14.6 Å². The Balaban J connectivity index is 1.85. The second kappa shape index (κ2) is 11.4. The Morgan fingerprint density at radius 2 is 1.83 bits per heavy atom. The molecule has 1 atom stereocenters. The van der Waals surface area contributed by atoms with Gasteiger partial charge in [-0.2, -0.15) is 0 Å². The van der Waals surface area contributed by atoms with Crippen LogP contribution in [-0.2, 0) is 25.7 Å². The number of hydrogen-bond acceptors (Lipinski definition) is 5. The second-order valence-electron chi connectivity index (χ2n) is 7.62. The van der Waals surface area contributed by atoms with Crippen molar-refractivity contribution in [3.05, 3.63) is 35.9 Å². The van der Waals surface area contributed by atoms with Gasteiger partial charge in [-0.15, -0.1) is 0 Å². The molecule has 8 nitrogen and oxygen atoms in total. The summed E-state index contributed by atoms with van der Waals surface area (Å²) in [6, 6.07) is 8.68. The minimum Gasteiger partial charge on any atom is -0.480 e. The van der Waals surface area contributed by atoms with E-state index in [0.717, 1.165) is 5.56 Å². The van der Waals surface area contributed by atoms with E-state index in [-0.39, 0.29) is 31.1 Å². The SMILES string of the molecule is CC(C)C[C@H](NC(=O)OCc1ccccc1)C(=O)N1CCC(OCC(=O)O)CC1. The lowest BCUT2D eigenvalue weighted by Crippen LogP contribution is -2.52. The van der Waals surface area contributed by atoms with E-state index in [1.54, 1.807) is 4.90 Å². The normalized spacial score (nSPS) is 15.8. The summed E-state index contributed by atoms with van der Waals surface area (Å²) in [4.78, 5) is 37.5. The predicted octanol–water partition coefficient (Wildman–Crippen LogP) is 2.42. The van der Waals surface area contributed by atoms with Crippen LogP contribution >= 0.6 is 0 Å². The minimum absolute atomic E-state index is 0.140. The van der Waals surface area contributed by atoms with E-state index in [2.05, 4.69) is 5.32 Å². The van der Waals surface area contributed by atoms with Gasteiger partial charge in [0.05, 0.1) is 6.10 Å². The number of carbonyl (C=O) groups excluding carboxylic acids is 2. The molecule has 2 N–H and O–H groups in total. The Hall–Kier alpha value is -2.61. The van der Waals surface area contributed by atoms with Crippen LogP contribution in [0.25, 0.3) is 0 Å². The fourth-order valence-corrected chi connectivity index (χ4v) is 3.25. The smallest absolute Gasteiger partial charge is 0.408 e. The van der Waals surface area contributed by atoms with Crippen molar-refractivity contribution in [2.24, 2.45) is 5.92 Å². The molecule has 0 spiro atoms. The summed E-state index contributed by atoms with van der Waals surface area (Å²) < 4.78 is 10.6. The maximum absolute atomic E-state index is 12.9. The van der Waals surface area contributed by atoms with Gasteiger partial charge in [-0.1, -0.05) is 44.2 Å². The maximum atomic E-state index is 12.9. The summed E-state index contributed by atoms with van der Waals surface area (Å²) in [6.45, 7) is 4.73. The number of rotatable bonds is 9. The highest BCUT2D eigenvalue weighted by molar-refractivity contribution is 5.85. The van der Waals surface area contributed by atoms with Gasteiger partial charge < -0.3 is 24.8 Å². The molecule has 160 valence electrons. The number of hydrogen-bond donors (Lipinski definition) is 2. The number of carboxylic acids is 1. The number of amides is 2. The number of alkyl carbamates (subject to hydrolysis) is 1. The summed E-state index contributed by atoms with van der Waals surface area (Å²) in [6.07, 6.45) is 0.877. The van der Waals surface area contributed by atoms with Crippen LogP contribution in [0, 0.1) is 5.92 Å². The average Bonchev–Trinajstić information content (AvgIpc) is 2.70. The Morgan fingerprint density at radius 3 is 2.41 bits per heavy atom. The van der Waals surface area contributed by atoms with E-state index in [9.17, 15) is 14.4 Å². The van der Waals surface area contributed by atoms with Crippen LogP contribution in [0.3, 0.4) is 0 Å². The van der Waals surface area contributed by atoms with Crippen LogP contribution in [0.5, 0.6) is 0 Å². The van der Waals surface area contributed by atoms with Crippen molar-refractivity contribution in [3.8, 4) is 0 Å². The zero-order valence-electron chi connectivity index (χ0n) is 17.0. The topological polar surface area (TPSA) is 105 Å². The van der Waals surface area contributed by atoms with Crippen molar-refractivity contribution in [1.29, 1.82) is 0 Å². The lowest BCUT2D eigenvalue weighted by molar-refractivity contribution is -0.147. The standard InChI is InChI=1S/C21H30N2O6/c1-15(2)12-18(22-21(27)29-13-16-6-4-3-5-7-16)20(26)23-10-8-17(9-11-23)28-14-19(24)25/h3-7,15,17-18H,8-14H2,1-2H3,(H,22,27)(H,24,25)/t18-/m0/s1. The molecular weight excluding hydrogens is 376 g/mol. The summed E-state index contributed by atoms with van der Waals surface area (Å²) >= 11 is 0. The molecule has 1 fully saturated rings. The lowest BCUT2D eigenvalue weighted by Gasteiger charge is -2.34. The summed E-state index contributed by atoms with van der Waals surface area (Å²) in [5.74, 6) is -0.930. The lowest BCUT2D eigenvalue weighted by atomic mass is 10.0. The number of nitrogens with one attached hydrogen (secondary N) is 1. The Bertz CT molecular complexity index is 671. The first kappa shape index (κ1) is 22.7. The van der Waals surface area contributed by atoms with Gasteiger partial charge in [-0.3, -0.25) is 4.79 Å². The first-order valence-electron chi connectivity index (χ1n) is 9.94. The highest BCUT2D eigenvalue weighted by Crippen LogP contribution is 2.17. The molecule has 2 amide bonds. The summed E-state index contributed by atoms with van der Waals surface area (Å²) in [5.41, 5.74) is 0.873. The molecule has 0 saturated carbocycles. The van der Waals surface area contributed by atoms with Crippen LogP contribution in [0.4, 0.5) is 4.79 Å². The van der Waals surface area contributed by atoms with Crippen molar-refractivity contribution < 1.29 is 29.0 Å². The molecule has 1 aromatic rings. The highest BCUT2D eigenvalue weighted by Gasteiger charge is 2.30. The number of likely N-dealkylation sites (tertiary alicyclic amines) is 1. The Labute approximate surface area is 171 Å². The third-order valence-corrected chi connectivity index (χ3v) is 4.71. The van der Waals surface area contributed by atoms with Gasteiger partial charge in [0, 0.05) is 13.1 Å². The molecule has 1 heterocycles. The number of carbonyl (C=O) groups is 3. The monoisotopic (exact) mass is 406 g/mol. The molecule has 0 aliphatic carbocycles. The Kier molecular flexibility index (Phi) is 8.92. The molecule has 0 aromatic heterocycles. The van der Waals surface area contributed by atoms with Gasteiger partial charge >= 0.3 is 12.1 Å². The van der Waals surface area contributed by atoms with Crippen molar-refractivity contribution in [2.75, 3.05) is 19.7 Å². The van der Waals surface area contributed by atoms with Gasteiger partial charge in [0.25, 0.3) is 0 Å². The molecule has 8 heteroatoms. The minimum atomic E-state index is -1.00. The van der Waals surface area contributed by atoms with Crippen molar-refractivity contribution >= 4 is 18.0 Å². The van der Waals surface area contributed by atoms with Gasteiger partial charge in [0.15, 0.2) is 0 Å². The molecule has 2 rings (SSSR count). The van der Waals surface area contributed by atoms with E-state index < -0.39 is 18.1 Å². The van der Waals surface area contributed by atoms with E-state index in [0.29, 0.717) is 32.4 Å². The second-order valence-corrected chi connectivity index (χ2v) is 7.62. The predicted molar refractivity (Wildman–Crippen MR) is 106 cm³/mol. The number of carboxylic acid groups (broad SMARTS) is 1. The van der Waals surface area contributed by atoms with Crippen molar-refractivity contribution in [1.82, 2.24) is 10.2 Å². The van der Waals surface area contributed by atoms with Gasteiger partial charge in [-0.25, -0.2) is 9.59 Å². The van der Waals surface area contributed by atoms with Crippen LogP contribution in [0.2, 0.25) is 0 Å². The fourth-order valence-electron chi connectivity index (χ4n) is 3.25. The maximum Gasteiger partial charge on any atom is 0.408 e. The number of piperidine rings is 1. The molecule has 29 heavy (non-hydrogen) atoms. The first-order valence-corrected chi connectivity index (χ1v) is 9.94. The van der Waals surface area contributed by atoms with Crippen molar-refractivity contribution in [2.45, 2.75) is 51.9 Å². The van der Waals surface area contributed by atoms with E-state index >= 15 is 0 Å². The van der Waals surface area contributed by atoms with Crippen LogP contribution < -0.4 is 5.32 Å². The van der Waals surface area contributed by atoms with E-state index in [1.165, 1.54) is 0 Å². The van der Waals surface area contributed by atoms with Crippen LogP contribution in [0.15, 0.2) is 30.3 Å². The average molecular weight is 406 g/mol. The molecular formula is C21H30N2O6. The summed E-state index contributed by atoms with van der Waals surface area (Å²) in [7, 11) is 0. The third-order valence-electron chi connectivity index (χ3n) is 4.71. The number of nitrogens with zero attached hydrogens (tertiary/aromatic N) is 1. The largest absolute Gasteiger partial charge is 0.480 e. The summed E-state index contributed by atoms with van der Waals surface area (Å²) in [5, 5.41) is 11.4. The first-order chi connectivity index (χ1) is 13.8. The zero-order valence-corrected chi connectivity index (χ0v) is 17.0. The molecule has 1 aromatic carbocycles. The third kappa shape index (κ3) is 8.11. The highest BCUT2D eigenvalue weighted by atomic mass is 16.5. The number of aliphatic carboxylic acids is 1. The molecule has 0 bridgehead atoms. The van der Waals surface area contributed by atoms with Crippen molar-refractivity contribution in [3.63, 3.8) is 0 Å². The number of ether oxygens (including phenoxy) is 2. The number of benzene rings is 1. The van der Waals surface area contributed by atoms with Gasteiger partial charge in [0.2, 0.25) is 5.91 Å². The zero-order chi connectivity index (χ0) is 21.2. The fraction of sp³-hybridized carbons (Fsp3) is 0.571. The van der Waals surface area contributed by atoms with Crippen LogP contribution in [-0.4, -0.2) is 59.8 Å². The quantitative estimate of drug-likeness (QED) is 0.653. The molecule has 1 saturated heterocycles. The molecule has 1 aliphatic rings. The van der Waals surface area contributed by atoms with Gasteiger partial charge in [0.1, 0.15) is 19.3 Å². The van der Waals surface area contributed by atoms with Gasteiger partial charge in [-0.05, 0) is 30.7 Å². The Morgan fingerprint density at radius 1 is 1.17 bits per heavy atom. The van der Waals surface area contributed by atoms with E-state index in [1.807, 2.05) is 44.2 Å². The molecule has 0 unspecified atom stereocenters. The van der Waals surface area contributed by atoms with Crippen LogP contribution in [0.1, 0.15) is 38.7 Å².